The van der Waals surface area contributed by atoms with Gasteiger partial charge in [0.2, 0.25) is 0 Å². The maximum atomic E-state index is 6.04. The van der Waals surface area contributed by atoms with E-state index < -0.39 is 0 Å². The summed E-state index contributed by atoms with van der Waals surface area (Å²) in [6.07, 6.45) is 0. The molecule has 0 saturated carbocycles. The van der Waals surface area contributed by atoms with Gasteiger partial charge in [0.15, 0.2) is 0 Å². The Morgan fingerprint density at radius 2 is 1.87 bits per heavy atom. The average molecular weight is 299 g/mol. The van der Waals surface area contributed by atoms with Gasteiger partial charge in [0.25, 0.3) is 0 Å². The van der Waals surface area contributed by atoms with Crippen LogP contribution in [-0.2, 0) is 0 Å². The highest BCUT2D eigenvalue weighted by atomic mass is 79.9. The summed E-state index contributed by atoms with van der Waals surface area (Å²) in [6, 6.07) is 16.9. The fourth-order valence-electron chi connectivity index (χ4n) is 1.10. The summed E-state index contributed by atoms with van der Waals surface area (Å²) >= 11 is 11.1. The highest BCUT2D eigenvalue weighted by Gasteiger charge is 2.01. The Kier molecular flexibility index (Phi) is 3.73. The van der Waals surface area contributed by atoms with Crippen LogP contribution >= 0.6 is 39.3 Å². The second kappa shape index (κ2) is 5.06. The molecule has 0 heterocycles. The Bertz CT molecular complexity index is 453. The van der Waals surface area contributed by atoms with Crippen LogP contribution in [0.5, 0.6) is 0 Å². The van der Waals surface area contributed by atoms with Crippen molar-refractivity contribution in [3.8, 4) is 0 Å². The lowest BCUT2D eigenvalue weighted by Crippen LogP contribution is -1.75. The Balaban J connectivity index is 2.22. The maximum absolute atomic E-state index is 6.04. The zero-order valence-corrected chi connectivity index (χ0v) is 10.9. The molecule has 0 spiro atoms. The van der Waals surface area contributed by atoms with Crippen LogP contribution in [0, 0.1) is 6.07 Å². The van der Waals surface area contributed by atoms with Gasteiger partial charge < -0.3 is 0 Å². The van der Waals surface area contributed by atoms with Crippen molar-refractivity contribution in [2.75, 3.05) is 0 Å². The maximum Gasteiger partial charge on any atom is 0.0551 e. The molecule has 0 aliphatic heterocycles. The average Bonchev–Trinajstić information content (AvgIpc) is 2.25. The van der Waals surface area contributed by atoms with Crippen molar-refractivity contribution in [3.05, 3.63) is 58.0 Å². The molecule has 0 amide bonds. The van der Waals surface area contributed by atoms with E-state index in [-0.39, 0.29) is 0 Å². The van der Waals surface area contributed by atoms with Gasteiger partial charge in [-0.25, -0.2) is 0 Å². The second-order valence-electron chi connectivity index (χ2n) is 2.90. The molecule has 0 bridgehead atoms. The predicted octanol–water partition coefficient (Wildman–Crippen LogP) is 5.05. The minimum atomic E-state index is 0.741. The Morgan fingerprint density at radius 1 is 1.13 bits per heavy atom. The topological polar surface area (TPSA) is 0 Å². The van der Waals surface area contributed by atoms with Crippen LogP contribution in [0.3, 0.4) is 0 Å². The predicted molar refractivity (Wildman–Crippen MR) is 68.6 cm³/mol. The standard InChI is InChI=1S/C12H7BrClS/c13-9-5-7-10(8-6-9)15-12-4-2-1-3-11(12)14/h1-3,5-8H. The minimum absolute atomic E-state index is 0.741. The van der Waals surface area contributed by atoms with Gasteiger partial charge in [0.1, 0.15) is 0 Å². The first-order chi connectivity index (χ1) is 7.25. The Hall–Kier alpha value is -0.440. The highest BCUT2D eigenvalue weighted by Crippen LogP contribution is 2.32. The van der Waals surface area contributed by atoms with E-state index in [2.05, 4.69) is 22.0 Å². The quantitative estimate of drug-likeness (QED) is 0.747. The van der Waals surface area contributed by atoms with Gasteiger partial charge in [0, 0.05) is 14.3 Å². The van der Waals surface area contributed by atoms with Crippen molar-refractivity contribution >= 4 is 39.3 Å². The minimum Gasteiger partial charge on any atom is -0.0879 e. The summed E-state index contributed by atoms with van der Waals surface area (Å²) in [6.45, 7) is 0. The SMILES string of the molecule is Clc1ccc[c]c1Sc1ccc(Br)cc1. The molecule has 0 aliphatic rings. The molecule has 2 aromatic carbocycles. The van der Waals surface area contributed by atoms with Crippen molar-refractivity contribution in [1.29, 1.82) is 0 Å². The summed E-state index contributed by atoms with van der Waals surface area (Å²) < 4.78 is 1.08. The molecule has 0 aliphatic carbocycles. The van der Waals surface area contributed by atoms with E-state index in [1.165, 1.54) is 0 Å². The zero-order valence-electron chi connectivity index (χ0n) is 7.71. The van der Waals surface area contributed by atoms with Crippen LogP contribution in [0.15, 0.2) is 56.7 Å². The smallest absolute Gasteiger partial charge is 0.0551 e. The van der Waals surface area contributed by atoms with Gasteiger partial charge in [-0.05, 0) is 36.4 Å². The Morgan fingerprint density at radius 3 is 2.53 bits per heavy atom. The van der Waals surface area contributed by atoms with Gasteiger partial charge in [0.05, 0.1) is 5.02 Å². The molecular weight excluding hydrogens is 292 g/mol. The van der Waals surface area contributed by atoms with Crippen LogP contribution in [0.4, 0.5) is 0 Å². The fraction of sp³-hybridized carbons (Fsp3) is 0. The third-order valence-corrected chi connectivity index (χ3v) is 3.81. The first-order valence-corrected chi connectivity index (χ1v) is 6.34. The van der Waals surface area contributed by atoms with Crippen LogP contribution in [0.25, 0.3) is 0 Å². The third-order valence-electron chi connectivity index (χ3n) is 1.80. The molecule has 0 fully saturated rings. The lowest BCUT2D eigenvalue weighted by molar-refractivity contribution is 1.39. The molecule has 0 unspecified atom stereocenters. The molecule has 2 rings (SSSR count). The number of hydrogen-bond acceptors (Lipinski definition) is 1. The molecular formula is C12H7BrClS. The van der Waals surface area contributed by atoms with Crippen molar-refractivity contribution in [2.24, 2.45) is 0 Å². The molecule has 75 valence electrons. The van der Waals surface area contributed by atoms with E-state index in [9.17, 15) is 0 Å². The van der Waals surface area contributed by atoms with Gasteiger partial charge in [-0.3, -0.25) is 0 Å². The van der Waals surface area contributed by atoms with E-state index >= 15 is 0 Å². The monoisotopic (exact) mass is 297 g/mol. The second-order valence-corrected chi connectivity index (χ2v) is 5.31. The van der Waals surface area contributed by atoms with E-state index in [0.29, 0.717) is 0 Å². The van der Waals surface area contributed by atoms with Crippen molar-refractivity contribution in [2.45, 2.75) is 9.79 Å². The first-order valence-electron chi connectivity index (χ1n) is 4.35. The van der Waals surface area contributed by atoms with Crippen LogP contribution in [0.1, 0.15) is 0 Å². The highest BCUT2D eigenvalue weighted by molar-refractivity contribution is 9.10. The van der Waals surface area contributed by atoms with Crippen molar-refractivity contribution in [1.82, 2.24) is 0 Å². The molecule has 1 radical (unpaired) electrons. The Labute approximate surface area is 107 Å². The molecule has 0 saturated heterocycles. The van der Waals surface area contributed by atoms with E-state index in [0.717, 1.165) is 19.3 Å². The molecule has 15 heavy (non-hydrogen) atoms. The molecule has 2 aromatic rings. The summed E-state index contributed by atoms with van der Waals surface area (Å²) in [5.41, 5.74) is 0. The number of halogens is 2. The van der Waals surface area contributed by atoms with Crippen molar-refractivity contribution < 1.29 is 0 Å². The van der Waals surface area contributed by atoms with Crippen LogP contribution in [0.2, 0.25) is 5.02 Å². The number of benzene rings is 2. The molecule has 3 heteroatoms. The van der Waals surface area contributed by atoms with Gasteiger partial charge in [-0.15, -0.1) is 0 Å². The van der Waals surface area contributed by atoms with Crippen LogP contribution in [-0.4, -0.2) is 0 Å². The molecule has 0 N–H and O–H groups in total. The number of rotatable bonds is 2. The normalized spacial score (nSPS) is 10.3. The summed E-state index contributed by atoms with van der Waals surface area (Å²) in [5, 5.41) is 0.741. The van der Waals surface area contributed by atoms with Gasteiger partial charge >= 0.3 is 0 Å². The lowest BCUT2D eigenvalue weighted by Gasteiger charge is -2.02. The summed E-state index contributed by atoms with van der Waals surface area (Å²) in [7, 11) is 0. The van der Waals surface area contributed by atoms with E-state index in [1.807, 2.05) is 42.5 Å². The van der Waals surface area contributed by atoms with Gasteiger partial charge in [-0.2, -0.15) is 0 Å². The van der Waals surface area contributed by atoms with Crippen LogP contribution < -0.4 is 0 Å². The molecule has 0 nitrogen and oxygen atoms in total. The first kappa shape index (κ1) is 11.1. The lowest BCUT2D eigenvalue weighted by atomic mass is 10.4. The fourth-order valence-corrected chi connectivity index (χ4v) is 2.41. The summed E-state index contributed by atoms with van der Waals surface area (Å²) in [4.78, 5) is 2.11. The van der Waals surface area contributed by atoms with E-state index in [1.54, 1.807) is 11.8 Å². The van der Waals surface area contributed by atoms with Crippen molar-refractivity contribution in [3.63, 3.8) is 0 Å². The molecule has 0 aromatic heterocycles. The zero-order chi connectivity index (χ0) is 10.7. The third kappa shape index (κ3) is 3.00. The van der Waals surface area contributed by atoms with Gasteiger partial charge in [-0.1, -0.05) is 51.4 Å². The van der Waals surface area contributed by atoms with E-state index in [4.69, 9.17) is 11.6 Å². The number of hydrogen-bond donors (Lipinski definition) is 0. The molecule has 0 atom stereocenters. The summed E-state index contributed by atoms with van der Waals surface area (Å²) in [5.74, 6) is 0. The largest absolute Gasteiger partial charge is 0.0879 e.